The molecule has 0 N–H and O–H groups in total. The average Bonchev–Trinajstić information content (AvgIpc) is 3.00. The largest absolute Gasteiger partial charge is 0.444 e. The van der Waals surface area contributed by atoms with Crippen molar-refractivity contribution in [3.8, 4) is 0 Å². The molecule has 2 aromatic rings. The second-order valence-corrected chi connectivity index (χ2v) is 5.81. The van der Waals surface area contributed by atoms with Gasteiger partial charge in [0.25, 0.3) is 5.91 Å². The Morgan fingerprint density at radius 2 is 2.30 bits per heavy atom. The first kappa shape index (κ1) is 13.4. The number of amides is 1. The van der Waals surface area contributed by atoms with Crippen LogP contribution in [0.15, 0.2) is 33.6 Å². The van der Waals surface area contributed by atoms with Gasteiger partial charge in [-0.05, 0) is 28.1 Å². The van der Waals surface area contributed by atoms with Gasteiger partial charge in [-0.2, -0.15) is 0 Å². The van der Waals surface area contributed by atoms with E-state index in [4.69, 9.17) is 4.42 Å². The van der Waals surface area contributed by atoms with Crippen LogP contribution in [-0.4, -0.2) is 33.4 Å². The van der Waals surface area contributed by atoms with E-state index in [0.29, 0.717) is 16.3 Å². The third-order valence-corrected chi connectivity index (χ3v) is 4.03. The lowest BCUT2D eigenvalue weighted by molar-refractivity contribution is 0.0434. The minimum absolute atomic E-state index is 0.0340. The number of likely N-dealkylation sites (tertiary alicyclic amines) is 1. The minimum atomic E-state index is -0.0340. The Kier molecular flexibility index (Phi) is 3.65. The Morgan fingerprint density at radius 1 is 1.50 bits per heavy atom. The van der Waals surface area contributed by atoms with Crippen molar-refractivity contribution >= 4 is 21.8 Å². The molecule has 0 unspecified atom stereocenters. The number of hydrogen-bond acceptors (Lipinski definition) is 3. The van der Waals surface area contributed by atoms with Crippen LogP contribution in [0.4, 0.5) is 0 Å². The molecule has 0 aromatic carbocycles. The van der Waals surface area contributed by atoms with Crippen LogP contribution in [0.3, 0.4) is 0 Å². The molecule has 1 amide bonds. The van der Waals surface area contributed by atoms with Gasteiger partial charge in [0.1, 0.15) is 5.82 Å². The summed E-state index contributed by atoms with van der Waals surface area (Å²) in [5.41, 5.74) is 0. The molecule has 2 aromatic heterocycles. The molecule has 5 nitrogen and oxygen atoms in total. The van der Waals surface area contributed by atoms with E-state index in [1.165, 1.54) is 0 Å². The lowest BCUT2D eigenvalue weighted by Gasteiger charge is -2.39. The van der Waals surface area contributed by atoms with Gasteiger partial charge in [0.2, 0.25) is 0 Å². The molecule has 0 radical (unpaired) electrons. The first-order valence-corrected chi connectivity index (χ1v) is 7.51. The predicted molar refractivity (Wildman–Crippen MR) is 77.4 cm³/mol. The summed E-state index contributed by atoms with van der Waals surface area (Å²) in [5.74, 6) is 1.96. The van der Waals surface area contributed by atoms with Gasteiger partial charge in [0, 0.05) is 44.4 Å². The Balaban J connectivity index is 1.55. The van der Waals surface area contributed by atoms with E-state index in [-0.39, 0.29) is 5.91 Å². The molecule has 106 valence electrons. The van der Waals surface area contributed by atoms with Crippen LogP contribution in [0.25, 0.3) is 0 Å². The Morgan fingerprint density at radius 3 is 2.95 bits per heavy atom. The maximum Gasteiger partial charge on any atom is 0.289 e. The van der Waals surface area contributed by atoms with Crippen molar-refractivity contribution in [3.05, 3.63) is 40.8 Å². The molecule has 6 heteroatoms. The van der Waals surface area contributed by atoms with Crippen molar-refractivity contribution < 1.29 is 9.21 Å². The van der Waals surface area contributed by atoms with Crippen molar-refractivity contribution in [3.63, 3.8) is 0 Å². The molecule has 1 aliphatic heterocycles. The van der Waals surface area contributed by atoms with Gasteiger partial charge in [0.15, 0.2) is 10.4 Å². The first-order valence-electron chi connectivity index (χ1n) is 6.72. The second kappa shape index (κ2) is 5.44. The van der Waals surface area contributed by atoms with Crippen LogP contribution >= 0.6 is 15.9 Å². The number of hydrogen-bond donors (Lipinski definition) is 0. The zero-order chi connectivity index (χ0) is 14.1. The summed E-state index contributed by atoms with van der Waals surface area (Å²) in [6, 6.07) is 3.44. The Hall–Kier alpha value is -1.56. The van der Waals surface area contributed by atoms with Crippen molar-refractivity contribution in [1.29, 1.82) is 0 Å². The van der Waals surface area contributed by atoms with Crippen LogP contribution < -0.4 is 0 Å². The average molecular weight is 338 g/mol. The number of halogens is 1. The van der Waals surface area contributed by atoms with Crippen LogP contribution in [0.5, 0.6) is 0 Å². The number of aromatic nitrogens is 2. The zero-order valence-corrected chi connectivity index (χ0v) is 12.8. The van der Waals surface area contributed by atoms with Gasteiger partial charge in [0.05, 0.1) is 0 Å². The third kappa shape index (κ3) is 2.52. The molecule has 1 aliphatic rings. The van der Waals surface area contributed by atoms with Gasteiger partial charge in [-0.15, -0.1) is 0 Å². The lowest BCUT2D eigenvalue weighted by Crippen LogP contribution is -2.51. The van der Waals surface area contributed by atoms with E-state index < -0.39 is 0 Å². The highest BCUT2D eigenvalue weighted by Crippen LogP contribution is 2.23. The number of carbonyl (C=O) groups excluding carboxylic acids is 1. The fourth-order valence-electron chi connectivity index (χ4n) is 2.54. The molecule has 20 heavy (non-hydrogen) atoms. The molecule has 0 spiro atoms. The molecule has 0 atom stereocenters. The summed E-state index contributed by atoms with van der Waals surface area (Å²) in [5, 5.41) is 0. The molecular weight excluding hydrogens is 322 g/mol. The Bertz CT molecular complexity index is 613. The fourth-order valence-corrected chi connectivity index (χ4v) is 2.84. The number of carbonyl (C=O) groups is 1. The molecule has 1 fully saturated rings. The lowest BCUT2D eigenvalue weighted by atomic mass is 9.99. The topological polar surface area (TPSA) is 51.3 Å². The van der Waals surface area contributed by atoms with Crippen molar-refractivity contribution in [2.24, 2.45) is 5.92 Å². The summed E-state index contributed by atoms with van der Waals surface area (Å²) in [6.45, 7) is 4.58. The molecule has 0 bridgehead atoms. The summed E-state index contributed by atoms with van der Waals surface area (Å²) in [7, 11) is 0. The third-order valence-electron chi connectivity index (χ3n) is 3.60. The van der Waals surface area contributed by atoms with Crippen molar-refractivity contribution in [1.82, 2.24) is 14.5 Å². The molecule has 3 rings (SSSR count). The standard InChI is InChI=1S/C14H16BrN3O2/c1-2-13-16-5-6-17(13)7-10-8-18(9-10)14(19)11-3-4-12(15)20-11/h3-6,10H,2,7-9H2,1H3. The van der Waals surface area contributed by atoms with Crippen LogP contribution in [0, 0.1) is 5.92 Å². The van der Waals surface area contributed by atoms with Crippen LogP contribution in [0.2, 0.25) is 0 Å². The van der Waals surface area contributed by atoms with Crippen molar-refractivity contribution in [2.45, 2.75) is 19.9 Å². The highest BCUT2D eigenvalue weighted by molar-refractivity contribution is 9.10. The van der Waals surface area contributed by atoms with E-state index in [0.717, 1.165) is 31.9 Å². The van der Waals surface area contributed by atoms with Gasteiger partial charge >= 0.3 is 0 Å². The molecule has 0 aliphatic carbocycles. The molecule has 3 heterocycles. The number of aryl methyl sites for hydroxylation is 1. The van der Waals surface area contributed by atoms with E-state index in [1.54, 1.807) is 12.1 Å². The van der Waals surface area contributed by atoms with E-state index in [9.17, 15) is 4.79 Å². The van der Waals surface area contributed by atoms with E-state index in [1.807, 2.05) is 17.3 Å². The van der Waals surface area contributed by atoms with E-state index in [2.05, 4.69) is 32.4 Å². The number of nitrogens with zero attached hydrogens (tertiary/aromatic N) is 3. The quantitative estimate of drug-likeness (QED) is 0.861. The second-order valence-electron chi connectivity index (χ2n) is 5.03. The first-order chi connectivity index (χ1) is 9.67. The normalized spacial score (nSPS) is 15.4. The number of rotatable bonds is 4. The maximum atomic E-state index is 12.1. The van der Waals surface area contributed by atoms with Crippen LogP contribution in [0.1, 0.15) is 23.3 Å². The number of furan rings is 1. The number of imidazole rings is 1. The smallest absolute Gasteiger partial charge is 0.289 e. The monoisotopic (exact) mass is 337 g/mol. The summed E-state index contributed by atoms with van der Waals surface area (Å²) >= 11 is 3.21. The van der Waals surface area contributed by atoms with Gasteiger partial charge in [-0.25, -0.2) is 4.98 Å². The Labute approximate surface area is 125 Å². The summed E-state index contributed by atoms with van der Waals surface area (Å²) in [4.78, 5) is 18.2. The minimum Gasteiger partial charge on any atom is -0.444 e. The SMILES string of the molecule is CCc1nccn1CC1CN(C(=O)c2ccc(Br)o2)C1. The zero-order valence-electron chi connectivity index (χ0n) is 11.3. The highest BCUT2D eigenvalue weighted by Gasteiger charge is 2.32. The predicted octanol–water partition coefficient (Wildman–Crippen LogP) is 2.57. The van der Waals surface area contributed by atoms with Gasteiger partial charge in [-0.3, -0.25) is 4.79 Å². The van der Waals surface area contributed by atoms with Crippen molar-refractivity contribution in [2.75, 3.05) is 13.1 Å². The maximum absolute atomic E-state index is 12.1. The summed E-state index contributed by atoms with van der Waals surface area (Å²) in [6.07, 6.45) is 4.77. The van der Waals surface area contributed by atoms with E-state index >= 15 is 0 Å². The highest BCUT2D eigenvalue weighted by atomic mass is 79.9. The molecular formula is C14H16BrN3O2. The van der Waals surface area contributed by atoms with Gasteiger partial charge in [-0.1, -0.05) is 6.92 Å². The van der Waals surface area contributed by atoms with Gasteiger partial charge < -0.3 is 13.9 Å². The molecule has 1 saturated heterocycles. The fraction of sp³-hybridized carbons (Fsp3) is 0.429. The summed E-state index contributed by atoms with van der Waals surface area (Å²) < 4.78 is 8.05. The molecule has 0 saturated carbocycles. The van der Waals surface area contributed by atoms with Crippen LogP contribution in [-0.2, 0) is 13.0 Å².